The molecule has 0 saturated carbocycles. The molecule has 0 spiro atoms. The van der Waals surface area contributed by atoms with E-state index in [0.717, 1.165) is 40.9 Å². The molecule has 2 N–H and O–H groups in total. The lowest BCUT2D eigenvalue weighted by atomic mass is 9.99. The smallest absolute Gasteiger partial charge is 0.287 e. The van der Waals surface area contributed by atoms with Crippen molar-refractivity contribution in [3.8, 4) is 22.4 Å². The number of halogens is 1. The van der Waals surface area contributed by atoms with Crippen molar-refractivity contribution in [1.82, 2.24) is 24.7 Å². The summed E-state index contributed by atoms with van der Waals surface area (Å²) in [5.74, 6) is -0.108. The van der Waals surface area contributed by atoms with Crippen molar-refractivity contribution < 1.29 is 13.8 Å². The van der Waals surface area contributed by atoms with Gasteiger partial charge in [-0.1, -0.05) is 6.07 Å². The summed E-state index contributed by atoms with van der Waals surface area (Å²) in [6, 6.07) is 12.8. The Kier molecular flexibility index (Phi) is 5.86. The molecule has 5 aromatic rings. The number of imidazole rings is 2. The quantitative estimate of drug-likeness (QED) is 0.288. The van der Waals surface area contributed by atoms with E-state index in [-0.39, 0.29) is 11.7 Å². The van der Waals surface area contributed by atoms with Crippen LogP contribution in [0.1, 0.15) is 22.6 Å². The number of pyridine rings is 2. The highest BCUT2D eigenvalue weighted by Gasteiger charge is 2.15. The van der Waals surface area contributed by atoms with Crippen molar-refractivity contribution in [3.63, 3.8) is 0 Å². The molecule has 0 atom stereocenters. The van der Waals surface area contributed by atoms with E-state index in [1.54, 1.807) is 35.9 Å². The van der Waals surface area contributed by atoms with Gasteiger partial charge in [0.25, 0.3) is 5.91 Å². The summed E-state index contributed by atoms with van der Waals surface area (Å²) in [4.78, 5) is 24.6. The van der Waals surface area contributed by atoms with Crippen LogP contribution < -0.4 is 9.88 Å². The second-order valence-corrected chi connectivity index (χ2v) is 8.11. The number of aryl methyl sites for hydroxylation is 2. The maximum absolute atomic E-state index is 13.8. The fourth-order valence-electron chi connectivity index (χ4n) is 4.00. The van der Waals surface area contributed by atoms with Crippen LogP contribution in [0, 0.1) is 12.7 Å². The number of nitrogens with zero attached hydrogens (tertiary/aromatic N) is 4. The average Bonchev–Trinajstić information content (AvgIpc) is 3.53. The van der Waals surface area contributed by atoms with Crippen LogP contribution in [0.5, 0.6) is 0 Å². The van der Waals surface area contributed by atoms with Gasteiger partial charge >= 0.3 is 0 Å². The van der Waals surface area contributed by atoms with Gasteiger partial charge in [-0.05, 0) is 54.4 Å². The van der Waals surface area contributed by atoms with Gasteiger partial charge < -0.3 is 5.32 Å². The number of carbonyl (C=O) groups excluding carboxylic acids is 1. The van der Waals surface area contributed by atoms with Crippen LogP contribution in [0.2, 0.25) is 0 Å². The molecule has 0 unspecified atom stereocenters. The van der Waals surface area contributed by atoms with Crippen molar-refractivity contribution >= 4 is 11.4 Å². The largest absolute Gasteiger partial charge is 0.349 e. The highest BCUT2D eigenvalue weighted by molar-refractivity contribution is 5.92. The maximum Gasteiger partial charge on any atom is 0.287 e. The summed E-state index contributed by atoms with van der Waals surface area (Å²) in [6.45, 7) is 3.11. The molecule has 7 nitrogen and oxygen atoms in total. The van der Waals surface area contributed by atoms with Gasteiger partial charge in [0.1, 0.15) is 18.2 Å². The van der Waals surface area contributed by atoms with Gasteiger partial charge in [-0.25, -0.2) is 13.9 Å². The van der Waals surface area contributed by atoms with Crippen molar-refractivity contribution in [2.24, 2.45) is 0 Å². The van der Waals surface area contributed by atoms with Gasteiger partial charge in [0, 0.05) is 36.5 Å². The average molecular weight is 456 g/mol. The normalized spacial score (nSPS) is 11.1. The predicted molar refractivity (Wildman–Crippen MR) is 126 cm³/mol. The van der Waals surface area contributed by atoms with Gasteiger partial charge in [-0.15, -0.1) is 0 Å². The lowest BCUT2D eigenvalue weighted by Gasteiger charge is -2.11. The van der Waals surface area contributed by atoms with E-state index in [9.17, 15) is 9.18 Å². The molecule has 0 fully saturated rings. The second kappa shape index (κ2) is 9.27. The third kappa shape index (κ3) is 4.30. The molecule has 34 heavy (non-hydrogen) atoms. The number of nitrogens with one attached hydrogen (secondary N) is 2. The Morgan fingerprint density at radius 2 is 2.09 bits per heavy atom. The zero-order valence-electron chi connectivity index (χ0n) is 18.7. The molecule has 0 aliphatic rings. The lowest BCUT2D eigenvalue weighted by molar-refractivity contribution is -0.695. The van der Waals surface area contributed by atoms with E-state index in [1.807, 2.05) is 53.8 Å². The van der Waals surface area contributed by atoms with E-state index in [0.29, 0.717) is 17.9 Å². The number of carbonyl (C=O) groups is 1. The molecule has 0 aliphatic carbocycles. The molecule has 8 heteroatoms. The monoisotopic (exact) mass is 455 g/mol. The Bertz CT molecular complexity index is 1460. The highest BCUT2D eigenvalue weighted by Crippen LogP contribution is 2.31. The van der Waals surface area contributed by atoms with Gasteiger partial charge in [-0.2, -0.15) is 0 Å². The van der Waals surface area contributed by atoms with Crippen LogP contribution >= 0.6 is 0 Å². The molecule has 1 amide bonds. The Morgan fingerprint density at radius 3 is 2.91 bits per heavy atom. The van der Waals surface area contributed by atoms with E-state index in [2.05, 4.69) is 20.3 Å². The molecule has 170 valence electrons. The summed E-state index contributed by atoms with van der Waals surface area (Å²) in [5, 5.41) is 2.94. The molecule has 0 bridgehead atoms. The molecule has 4 heterocycles. The number of benzene rings is 1. The van der Waals surface area contributed by atoms with Crippen LogP contribution in [-0.2, 0) is 6.54 Å². The summed E-state index contributed by atoms with van der Waals surface area (Å²) in [6.07, 6.45) is 11.8. The van der Waals surface area contributed by atoms with Crippen LogP contribution in [0.15, 0.2) is 79.8 Å². The fraction of sp³-hybridized carbons (Fsp3) is 0.154. The number of hydrogen-bond acceptors (Lipinski definition) is 3. The number of hydrogen-bond donors (Lipinski definition) is 2. The van der Waals surface area contributed by atoms with Crippen LogP contribution in [0.25, 0.3) is 27.9 Å². The Labute approximate surface area is 196 Å². The number of aromatic nitrogens is 5. The molecule has 4 aromatic heterocycles. The van der Waals surface area contributed by atoms with Crippen LogP contribution in [0.4, 0.5) is 4.39 Å². The van der Waals surface area contributed by atoms with Gasteiger partial charge in [0.05, 0.1) is 24.0 Å². The van der Waals surface area contributed by atoms with E-state index >= 15 is 0 Å². The second-order valence-electron chi connectivity index (χ2n) is 8.11. The SMILES string of the molecule is Cc1cc(-c2ncccc2-c2ccn3c(C(=O)NCCC[n+]4cc[nH]c4)ncc3c2)ccc1F. The lowest BCUT2D eigenvalue weighted by Crippen LogP contribution is -2.34. The Hall–Kier alpha value is -4.33. The third-order valence-corrected chi connectivity index (χ3v) is 5.77. The molecule has 1 aromatic carbocycles. The topological polar surface area (TPSA) is 79.0 Å². The van der Waals surface area contributed by atoms with Crippen LogP contribution in [0.3, 0.4) is 0 Å². The molecule has 0 radical (unpaired) electrons. The minimum Gasteiger partial charge on any atom is -0.349 e. The number of amides is 1. The minimum atomic E-state index is -0.240. The minimum absolute atomic E-state index is 0.212. The van der Waals surface area contributed by atoms with Crippen molar-refractivity contribution in [3.05, 3.63) is 97.0 Å². The Morgan fingerprint density at radius 1 is 1.18 bits per heavy atom. The first-order valence-corrected chi connectivity index (χ1v) is 11.1. The number of aromatic amines is 1. The maximum atomic E-state index is 13.8. The van der Waals surface area contributed by atoms with Crippen molar-refractivity contribution in [2.75, 3.05) is 6.54 Å². The van der Waals surface area contributed by atoms with Gasteiger partial charge in [0.15, 0.2) is 0 Å². The van der Waals surface area contributed by atoms with E-state index in [1.165, 1.54) is 6.07 Å². The van der Waals surface area contributed by atoms with Gasteiger partial charge in [-0.3, -0.25) is 19.2 Å². The first kappa shape index (κ1) is 21.5. The van der Waals surface area contributed by atoms with E-state index < -0.39 is 0 Å². The van der Waals surface area contributed by atoms with Crippen molar-refractivity contribution in [1.29, 1.82) is 0 Å². The molecule has 0 saturated heterocycles. The molecular weight excluding hydrogens is 431 g/mol. The first-order chi connectivity index (χ1) is 16.6. The van der Waals surface area contributed by atoms with Crippen LogP contribution in [-0.4, -0.2) is 31.8 Å². The highest BCUT2D eigenvalue weighted by atomic mass is 19.1. The number of H-pyrrole nitrogens is 1. The standard InChI is InChI=1S/C26H23FN6O/c1-18-14-20(5-6-23(18)27)24-22(4-2-8-29-24)19-7-12-33-21(15-19)16-31-25(33)26(34)30-9-3-11-32-13-10-28-17-32/h2,4-8,10,12-17H,3,9,11H2,1H3,(H,30,34)/p+1. The number of rotatable bonds is 7. The molecular formula is C26H24FN6O+. The molecule has 5 rings (SSSR count). The summed E-state index contributed by atoms with van der Waals surface area (Å²) >= 11 is 0. The third-order valence-electron chi connectivity index (χ3n) is 5.77. The number of fused-ring (bicyclic) bond motifs is 1. The summed E-state index contributed by atoms with van der Waals surface area (Å²) in [5.41, 5.74) is 4.85. The zero-order chi connectivity index (χ0) is 23.5. The molecule has 0 aliphatic heterocycles. The first-order valence-electron chi connectivity index (χ1n) is 11.1. The fourth-order valence-corrected chi connectivity index (χ4v) is 4.00. The predicted octanol–water partition coefficient (Wildman–Crippen LogP) is 3.95. The summed E-state index contributed by atoms with van der Waals surface area (Å²) in [7, 11) is 0. The summed E-state index contributed by atoms with van der Waals surface area (Å²) < 4.78 is 17.6. The zero-order valence-corrected chi connectivity index (χ0v) is 18.7. The van der Waals surface area contributed by atoms with Crippen molar-refractivity contribution in [2.45, 2.75) is 19.9 Å². The van der Waals surface area contributed by atoms with E-state index in [4.69, 9.17) is 0 Å². The van der Waals surface area contributed by atoms with Gasteiger partial charge in [0.2, 0.25) is 12.2 Å². The Balaban J connectivity index is 1.37.